The van der Waals surface area contributed by atoms with E-state index in [-0.39, 0.29) is 6.10 Å². The molecule has 5 heteroatoms. The molecule has 2 aromatic rings. The Morgan fingerprint density at radius 3 is 2.53 bits per heavy atom. The Morgan fingerprint density at radius 2 is 1.84 bits per heavy atom. The molecule has 0 saturated heterocycles. The topological polar surface area (TPSA) is 70.3 Å². The second-order valence-electron chi connectivity index (χ2n) is 4.49. The average molecular weight is 259 g/mol. The van der Waals surface area contributed by atoms with Crippen molar-refractivity contribution < 1.29 is 9.47 Å². The molecule has 0 bridgehead atoms. The molecule has 0 spiro atoms. The summed E-state index contributed by atoms with van der Waals surface area (Å²) in [6, 6.07) is 7.11. The molecular weight excluding hydrogens is 242 g/mol. The molecule has 0 unspecified atom stereocenters. The first-order chi connectivity index (χ1) is 9.04. The molecule has 0 aliphatic carbocycles. The summed E-state index contributed by atoms with van der Waals surface area (Å²) < 4.78 is 11.2. The summed E-state index contributed by atoms with van der Waals surface area (Å²) in [5, 5.41) is 0. The summed E-state index contributed by atoms with van der Waals surface area (Å²) >= 11 is 0. The third-order valence-electron chi connectivity index (χ3n) is 2.39. The molecule has 0 radical (unpaired) electrons. The zero-order valence-electron chi connectivity index (χ0n) is 11.3. The van der Waals surface area contributed by atoms with Crippen LogP contribution in [0.5, 0.6) is 17.5 Å². The number of rotatable bonds is 4. The summed E-state index contributed by atoms with van der Waals surface area (Å²) in [7, 11) is 0. The second kappa shape index (κ2) is 5.56. The lowest BCUT2D eigenvalue weighted by molar-refractivity contribution is 0.231. The second-order valence-corrected chi connectivity index (χ2v) is 4.49. The fourth-order valence-electron chi connectivity index (χ4n) is 1.58. The first kappa shape index (κ1) is 13.1. The first-order valence-corrected chi connectivity index (χ1v) is 6.07. The Balaban J connectivity index is 2.18. The zero-order chi connectivity index (χ0) is 13.8. The highest BCUT2D eigenvalue weighted by molar-refractivity contribution is 5.48. The molecule has 0 saturated carbocycles. The quantitative estimate of drug-likeness (QED) is 0.855. The van der Waals surface area contributed by atoms with Crippen molar-refractivity contribution in [2.75, 3.05) is 5.73 Å². The molecule has 0 atom stereocenters. The molecule has 1 aromatic carbocycles. The SMILES string of the molecule is Cc1cc(N)ccc1Oc1cc(OC(C)C)ncn1. The van der Waals surface area contributed by atoms with Gasteiger partial charge in [0.15, 0.2) is 0 Å². The monoisotopic (exact) mass is 259 g/mol. The predicted molar refractivity (Wildman–Crippen MR) is 73.5 cm³/mol. The van der Waals surface area contributed by atoms with Gasteiger partial charge in [0.05, 0.1) is 12.2 Å². The van der Waals surface area contributed by atoms with E-state index in [2.05, 4.69) is 9.97 Å². The van der Waals surface area contributed by atoms with Gasteiger partial charge in [0.2, 0.25) is 11.8 Å². The lowest BCUT2D eigenvalue weighted by Gasteiger charge is -2.11. The van der Waals surface area contributed by atoms with Gasteiger partial charge < -0.3 is 15.2 Å². The Kier molecular flexibility index (Phi) is 3.85. The summed E-state index contributed by atoms with van der Waals surface area (Å²) in [4.78, 5) is 8.09. The smallest absolute Gasteiger partial charge is 0.226 e. The number of anilines is 1. The van der Waals surface area contributed by atoms with E-state index in [1.165, 1.54) is 6.33 Å². The van der Waals surface area contributed by atoms with Gasteiger partial charge in [-0.15, -0.1) is 0 Å². The lowest BCUT2D eigenvalue weighted by atomic mass is 10.2. The predicted octanol–water partition coefficient (Wildman–Crippen LogP) is 2.95. The van der Waals surface area contributed by atoms with E-state index in [4.69, 9.17) is 15.2 Å². The molecule has 100 valence electrons. The fraction of sp³-hybridized carbons (Fsp3) is 0.286. The number of hydrogen-bond donors (Lipinski definition) is 1. The molecule has 1 heterocycles. The normalized spacial score (nSPS) is 10.5. The van der Waals surface area contributed by atoms with Gasteiger partial charge in [-0.3, -0.25) is 0 Å². The van der Waals surface area contributed by atoms with Crippen molar-refractivity contribution in [2.24, 2.45) is 0 Å². The highest BCUT2D eigenvalue weighted by Crippen LogP contribution is 2.26. The summed E-state index contributed by atoms with van der Waals surface area (Å²) in [6.07, 6.45) is 1.47. The number of nitrogens with two attached hydrogens (primary N) is 1. The Labute approximate surface area is 112 Å². The zero-order valence-corrected chi connectivity index (χ0v) is 11.3. The van der Waals surface area contributed by atoms with Crippen molar-refractivity contribution >= 4 is 5.69 Å². The van der Waals surface area contributed by atoms with Crippen molar-refractivity contribution in [1.82, 2.24) is 9.97 Å². The maximum absolute atomic E-state index is 5.70. The van der Waals surface area contributed by atoms with Crippen molar-refractivity contribution in [1.29, 1.82) is 0 Å². The highest BCUT2D eigenvalue weighted by Gasteiger charge is 2.06. The van der Waals surface area contributed by atoms with E-state index < -0.39 is 0 Å². The van der Waals surface area contributed by atoms with Crippen LogP contribution in [0.3, 0.4) is 0 Å². The summed E-state index contributed by atoms with van der Waals surface area (Å²) in [6.45, 7) is 5.80. The lowest BCUT2D eigenvalue weighted by Crippen LogP contribution is -2.07. The minimum absolute atomic E-state index is 0.0565. The van der Waals surface area contributed by atoms with E-state index in [1.807, 2.05) is 32.9 Å². The summed E-state index contributed by atoms with van der Waals surface area (Å²) in [5.41, 5.74) is 7.35. The number of aryl methyl sites for hydroxylation is 1. The average Bonchev–Trinajstić information content (AvgIpc) is 2.32. The Hall–Kier alpha value is -2.30. The molecule has 2 N–H and O–H groups in total. The van der Waals surface area contributed by atoms with Crippen LogP contribution >= 0.6 is 0 Å². The van der Waals surface area contributed by atoms with E-state index in [0.29, 0.717) is 23.2 Å². The largest absolute Gasteiger partial charge is 0.475 e. The van der Waals surface area contributed by atoms with E-state index in [1.54, 1.807) is 12.1 Å². The number of benzene rings is 1. The maximum atomic E-state index is 5.70. The number of aromatic nitrogens is 2. The standard InChI is InChI=1S/C14H17N3O2/c1-9(2)18-13-7-14(17-8-16-13)19-12-5-4-11(15)6-10(12)3/h4-9H,15H2,1-3H3. The first-order valence-electron chi connectivity index (χ1n) is 6.07. The molecule has 0 fully saturated rings. The minimum atomic E-state index is 0.0565. The number of nitrogen functional groups attached to an aromatic ring is 1. The van der Waals surface area contributed by atoms with Crippen LogP contribution in [-0.4, -0.2) is 16.1 Å². The van der Waals surface area contributed by atoms with Crippen molar-refractivity contribution in [3.05, 3.63) is 36.2 Å². The highest BCUT2D eigenvalue weighted by atomic mass is 16.5. The molecule has 2 rings (SSSR count). The van der Waals surface area contributed by atoms with Crippen LogP contribution in [0.2, 0.25) is 0 Å². The van der Waals surface area contributed by atoms with Gasteiger partial charge in [-0.2, -0.15) is 0 Å². The van der Waals surface area contributed by atoms with Gasteiger partial charge in [0, 0.05) is 5.69 Å². The number of nitrogens with zero attached hydrogens (tertiary/aromatic N) is 2. The third-order valence-corrected chi connectivity index (χ3v) is 2.39. The fourth-order valence-corrected chi connectivity index (χ4v) is 1.58. The van der Waals surface area contributed by atoms with Gasteiger partial charge in [-0.1, -0.05) is 0 Å². The Bertz CT molecular complexity index is 570. The molecule has 5 nitrogen and oxygen atoms in total. The van der Waals surface area contributed by atoms with Crippen LogP contribution in [0.4, 0.5) is 5.69 Å². The molecule has 0 aliphatic rings. The van der Waals surface area contributed by atoms with Gasteiger partial charge >= 0.3 is 0 Å². The minimum Gasteiger partial charge on any atom is -0.475 e. The Morgan fingerprint density at radius 1 is 1.11 bits per heavy atom. The van der Waals surface area contributed by atoms with Gasteiger partial charge in [0.25, 0.3) is 0 Å². The number of hydrogen-bond acceptors (Lipinski definition) is 5. The summed E-state index contributed by atoms with van der Waals surface area (Å²) in [5.74, 6) is 1.65. The van der Waals surface area contributed by atoms with Crippen LogP contribution in [0.15, 0.2) is 30.6 Å². The van der Waals surface area contributed by atoms with Gasteiger partial charge in [-0.25, -0.2) is 9.97 Å². The van der Waals surface area contributed by atoms with Gasteiger partial charge in [0.1, 0.15) is 12.1 Å². The molecule has 19 heavy (non-hydrogen) atoms. The van der Waals surface area contributed by atoms with Crippen molar-refractivity contribution in [3.63, 3.8) is 0 Å². The van der Waals surface area contributed by atoms with Gasteiger partial charge in [-0.05, 0) is 44.5 Å². The third kappa shape index (κ3) is 3.58. The molecule has 0 aliphatic heterocycles. The maximum Gasteiger partial charge on any atom is 0.226 e. The van der Waals surface area contributed by atoms with E-state index in [0.717, 1.165) is 5.56 Å². The van der Waals surface area contributed by atoms with Crippen LogP contribution in [0.1, 0.15) is 19.4 Å². The number of ether oxygens (including phenoxy) is 2. The van der Waals surface area contributed by atoms with E-state index >= 15 is 0 Å². The van der Waals surface area contributed by atoms with Crippen LogP contribution in [0.25, 0.3) is 0 Å². The van der Waals surface area contributed by atoms with Crippen molar-refractivity contribution in [2.45, 2.75) is 26.9 Å². The van der Waals surface area contributed by atoms with E-state index in [9.17, 15) is 0 Å². The molecular formula is C14H17N3O2. The molecule has 0 amide bonds. The molecule has 1 aromatic heterocycles. The van der Waals surface area contributed by atoms with Crippen LogP contribution in [0, 0.1) is 6.92 Å². The van der Waals surface area contributed by atoms with Crippen LogP contribution < -0.4 is 15.2 Å². The van der Waals surface area contributed by atoms with Crippen LogP contribution in [-0.2, 0) is 0 Å². The van der Waals surface area contributed by atoms with Crippen molar-refractivity contribution in [3.8, 4) is 17.5 Å².